The molecule has 0 saturated carbocycles. The predicted octanol–water partition coefficient (Wildman–Crippen LogP) is 4.42. The van der Waals surface area contributed by atoms with E-state index in [1.165, 1.54) is 24.8 Å². The van der Waals surface area contributed by atoms with Crippen molar-refractivity contribution < 1.29 is 9.53 Å². The molecule has 2 N–H and O–H groups in total. The highest BCUT2D eigenvalue weighted by Gasteiger charge is 2.02. The number of anilines is 1. The van der Waals surface area contributed by atoms with E-state index >= 15 is 0 Å². The summed E-state index contributed by atoms with van der Waals surface area (Å²) in [6, 6.07) is 17.9. The number of carbonyl (C=O) groups excluding carboxylic acids is 1. The molecule has 2 rings (SSSR count). The Bertz CT molecular complexity index is 644. The van der Waals surface area contributed by atoms with Crippen LogP contribution in [0.1, 0.15) is 38.2 Å². The summed E-state index contributed by atoms with van der Waals surface area (Å²) in [7, 11) is 0. The third-order valence-electron chi connectivity index (χ3n) is 4.13. The normalized spacial score (nSPS) is 10.3. The van der Waals surface area contributed by atoms with Gasteiger partial charge in [0.05, 0.1) is 13.2 Å². The molecule has 0 atom stereocenters. The van der Waals surface area contributed by atoms with Crippen LogP contribution in [0, 0.1) is 0 Å². The lowest BCUT2D eigenvalue weighted by atomic mass is 10.1. The molecule has 2 aromatic rings. The highest BCUT2D eigenvalue weighted by Crippen LogP contribution is 2.17. The van der Waals surface area contributed by atoms with Gasteiger partial charge < -0.3 is 15.4 Å². The summed E-state index contributed by atoms with van der Waals surface area (Å²) in [5.41, 5.74) is 2.12. The summed E-state index contributed by atoms with van der Waals surface area (Å²) >= 11 is 0. The highest BCUT2D eigenvalue weighted by molar-refractivity contribution is 5.80. The van der Waals surface area contributed by atoms with Gasteiger partial charge in [-0.25, -0.2) is 0 Å². The SMILES string of the molecule is CCCCCCOc1cccc(NCC(=O)NCCc2ccccc2)c1. The van der Waals surface area contributed by atoms with E-state index in [0.717, 1.165) is 30.9 Å². The molecule has 0 fully saturated rings. The minimum Gasteiger partial charge on any atom is -0.494 e. The quantitative estimate of drug-likeness (QED) is 0.555. The average molecular weight is 354 g/mol. The van der Waals surface area contributed by atoms with Gasteiger partial charge in [0.15, 0.2) is 0 Å². The van der Waals surface area contributed by atoms with Gasteiger partial charge in [-0.15, -0.1) is 0 Å². The Kier molecular flexibility index (Phi) is 9.12. The first-order chi connectivity index (χ1) is 12.8. The predicted molar refractivity (Wildman–Crippen MR) is 108 cm³/mol. The van der Waals surface area contributed by atoms with Gasteiger partial charge in [-0.1, -0.05) is 62.6 Å². The van der Waals surface area contributed by atoms with Gasteiger partial charge >= 0.3 is 0 Å². The summed E-state index contributed by atoms with van der Waals surface area (Å²) in [6.07, 6.45) is 5.61. The van der Waals surface area contributed by atoms with Gasteiger partial charge in [0, 0.05) is 18.3 Å². The van der Waals surface area contributed by atoms with E-state index in [-0.39, 0.29) is 12.5 Å². The number of hydrogen-bond donors (Lipinski definition) is 2. The molecule has 0 aliphatic heterocycles. The van der Waals surface area contributed by atoms with Crippen molar-refractivity contribution >= 4 is 11.6 Å². The summed E-state index contributed by atoms with van der Waals surface area (Å²) < 4.78 is 5.77. The first-order valence-corrected chi connectivity index (χ1v) is 9.55. The molecule has 0 aromatic heterocycles. The number of carbonyl (C=O) groups is 1. The molecule has 2 aromatic carbocycles. The number of amides is 1. The number of unbranched alkanes of at least 4 members (excludes halogenated alkanes) is 3. The molecule has 140 valence electrons. The molecular formula is C22H30N2O2. The smallest absolute Gasteiger partial charge is 0.239 e. The average Bonchev–Trinajstić information content (AvgIpc) is 2.67. The Balaban J connectivity index is 1.64. The first-order valence-electron chi connectivity index (χ1n) is 9.55. The van der Waals surface area contributed by atoms with E-state index < -0.39 is 0 Å². The Labute approximate surface area is 157 Å². The summed E-state index contributed by atoms with van der Waals surface area (Å²) in [4.78, 5) is 12.0. The summed E-state index contributed by atoms with van der Waals surface area (Å²) in [5.74, 6) is 0.836. The van der Waals surface area contributed by atoms with E-state index in [1.807, 2.05) is 42.5 Å². The molecule has 0 spiro atoms. The third kappa shape index (κ3) is 8.06. The fraction of sp³-hybridized carbons (Fsp3) is 0.409. The summed E-state index contributed by atoms with van der Waals surface area (Å²) in [6.45, 7) is 3.84. The topological polar surface area (TPSA) is 50.4 Å². The van der Waals surface area contributed by atoms with Crippen LogP contribution in [-0.4, -0.2) is 25.6 Å². The number of benzene rings is 2. The maximum atomic E-state index is 12.0. The van der Waals surface area contributed by atoms with E-state index in [4.69, 9.17) is 4.74 Å². The van der Waals surface area contributed by atoms with Crippen molar-refractivity contribution in [3.63, 3.8) is 0 Å². The number of hydrogen-bond acceptors (Lipinski definition) is 3. The van der Waals surface area contributed by atoms with Crippen LogP contribution in [0.3, 0.4) is 0 Å². The van der Waals surface area contributed by atoms with Crippen LogP contribution in [-0.2, 0) is 11.2 Å². The molecule has 0 heterocycles. The van der Waals surface area contributed by atoms with Crippen LogP contribution in [0.4, 0.5) is 5.69 Å². The maximum absolute atomic E-state index is 12.0. The van der Waals surface area contributed by atoms with Crippen LogP contribution in [0.25, 0.3) is 0 Å². The molecule has 0 aliphatic carbocycles. The Morgan fingerprint density at radius 2 is 1.85 bits per heavy atom. The Morgan fingerprint density at radius 3 is 2.65 bits per heavy atom. The van der Waals surface area contributed by atoms with Gasteiger partial charge in [-0.3, -0.25) is 4.79 Å². The highest BCUT2D eigenvalue weighted by atomic mass is 16.5. The fourth-order valence-electron chi connectivity index (χ4n) is 2.65. The molecular weight excluding hydrogens is 324 g/mol. The Morgan fingerprint density at radius 1 is 1.00 bits per heavy atom. The van der Waals surface area contributed by atoms with Crippen molar-refractivity contribution in [3.8, 4) is 5.75 Å². The van der Waals surface area contributed by atoms with E-state index in [1.54, 1.807) is 0 Å². The van der Waals surface area contributed by atoms with Gasteiger partial charge in [0.25, 0.3) is 0 Å². The van der Waals surface area contributed by atoms with Crippen molar-refractivity contribution in [1.82, 2.24) is 5.32 Å². The number of nitrogens with one attached hydrogen (secondary N) is 2. The lowest BCUT2D eigenvalue weighted by Gasteiger charge is -2.10. The zero-order chi connectivity index (χ0) is 18.5. The zero-order valence-electron chi connectivity index (χ0n) is 15.7. The van der Waals surface area contributed by atoms with Crippen molar-refractivity contribution in [3.05, 3.63) is 60.2 Å². The monoisotopic (exact) mass is 354 g/mol. The second-order valence-electron chi connectivity index (χ2n) is 6.38. The standard InChI is InChI=1S/C22H30N2O2/c1-2-3-4-8-16-26-21-13-9-12-20(17-21)24-18-22(25)23-15-14-19-10-6-5-7-11-19/h5-7,9-13,17,24H,2-4,8,14-16,18H2,1H3,(H,23,25). The molecule has 0 bridgehead atoms. The first kappa shape index (κ1) is 19.8. The van der Waals surface area contributed by atoms with Crippen molar-refractivity contribution in [1.29, 1.82) is 0 Å². The largest absolute Gasteiger partial charge is 0.494 e. The molecule has 0 aliphatic rings. The lowest BCUT2D eigenvalue weighted by molar-refractivity contribution is -0.119. The third-order valence-corrected chi connectivity index (χ3v) is 4.13. The Hall–Kier alpha value is -2.49. The van der Waals surface area contributed by atoms with Crippen LogP contribution >= 0.6 is 0 Å². The van der Waals surface area contributed by atoms with Crippen LogP contribution < -0.4 is 15.4 Å². The van der Waals surface area contributed by atoms with Crippen LogP contribution in [0.2, 0.25) is 0 Å². The molecule has 4 nitrogen and oxygen atoms in total. The zero-order valence-corrected chi connectivity index (χ0v) is 15.7. The van der Waals surface area contributed by atoms with Crippen molar-refractivity contribution in [2.24, 2.45) is 0 Å². The number of ether oxygens (including phenoxy) is 1. The number of rotatable bonds is 12. The molecule has 0 radical (unpaired) electrons. The van der Waals surface area contributed by atoms with Crippen LogP contribution in [0.15, 0.2) is 54.6 Å². The minimum absolute atomic E-state index is 0.00758. The van der Waals surface area contributed by atoms with Gasteiger partial charge in [0.2, 0.25) is 5.91 Å². The van der Waals surface area contributed by atoms with Crippen LogP contribution in [0.5, 0.6) is 5.75 Å². The van der Waals surface area contributed by atoms with Crippen molar-refractivity contribution in [2.45, 2.75) is 39.0 Å². The second-order valence-corrected chi connectivity index (χ2v) is 6.38. The molecule has 0 saturated heterocycles. The van der Waals surface area contributed by atoms with Gasteiger partial charge in [0.1, 0.15) is 5.75 Å². The fourth-order valence-corrected chi connectivity index (χ4v) is 2.65. The molecule has 0 unspecified atom stereocenters. The molecule has 26 heavy (non-hydrogen) atoms. The van der Waals surface area contributed by atoms with Crippen molar-refractivity contribution in [2.75, 3.05) is 25.0 Å². The molecule has 1 amide bonds. The van der Waals surface area contributed by atoms with Gasteiger partial charge in [-0.2, -0.15) is 0 Å². The molecule has 4 heteroatoms. The minimum atomic E-state index is -0.00758. The lowest BCUT2D eigenvalue weighted by Crippen LogP contribution is -2.31. The van der Waals surface area contributed by atoms with E-state index in [9.17, 15) is 4.79 Å². The summed E-state index contributed by atoms with van der Waals surface area (Å²) in [5, 5.41) is 6.09. The second kappa shape index (κ2) is 12.0. The van der Waals surface area contributed by atoms with Gasteiger partial charge in [-0.05, 0) is 30.5 Å². The van der Waals surface area contributed by atoms with E-state index in [2.05, 4.69) is 29.7 Å². The van der Waals surface area contributed by atoms with E-state index in [0.29, 0.717) is 6.54 Å². The maximum Gasteiger partial charge on any atom is 0.239 e.